The first-order valence-electron chi connectivity index (χ1n) is 12.0. The third kappa shape index (κ3) is 14.8. The van der Waals surface area contributed by atoms with Gasteiger partial charge in [-0.25, -0.2) is 4.79 Å². The first-order chi connectivity index (χ1) is 15.7. The zero-order valence-electron chi connectivity index (χ0n) is 19.9. The number of nitrogens with one attached hydrogen (secondary N) is 1. The maximum atomic E-state index is 12.0. The standard InChI is InChI=1S/C25H41NO6/c1-3-5-7-8-9-10-24(27)31-20-18-29-16-17-30-19-21-32-25(28)22-11-13-23(14-12-22)26-15-6-4-2/h11-14,26H,3-10,15-21H2,1-2H3. The van der Waals surface area contributed by atoms with Crippen molar-refractivity contribution < 1.29 is 28.5 Å². The van der Waals surface area contributed by atoms with Crippen molar-refractivity contribution in [3.8, 4) is 0 Å². The van der Waals surface area contributed by atoms with Crippen LogP contribution in [0, 0.1) is 0 Å². The van der Waals surface area contributed by atoms with Crippen molar-refractivity contribution in [2.24, 2.45) is 0 Å². The van der Waals surface area contributed by atoms with Gasteiger partial charge >= 0.3 is 11.9 Å². The molecular formula is C25H41NO6. The van der Waals surface area contributed by atoms with Gasteiger partial charge in [0.25, 0.3) is 0 Å². The van der Waals surface area contributed by atoms with Crippen molar-refractivity contribution >= 4 is 17.6 Å². The minimum absolute atomic E-state index is 0.162. The summed E-state index contributed by atoms with van der Waals surface area (Å²) < 4.78 is 21.1. The zero-order valence-corrected chi connectivity index (χ0v) is 19.9. The predicted octanol–water partition coefficient (Wildman–Crippen LogP) is 4.99. The number of carbonyl (C=O) groups is 2. The van der Waals surface area contributed by atoms with Crippen LogP contribution in [0.15, 0.2) is 24.3 Å². The Morgan fingerprint density at radius 1 is 0.719 bits per heavy atom. The molecule has 0 atom stereocenters. The number of esters is 2. The Hall–Kier alpha value is -2.12. The second-order valence-electron chi connectivity index (χ2n) is 7.60. The summed E-state index contributed by atoms with van der Waals surface area (Å²) in [6, 6.07) is 7.27. The molecule has 1 aromatic carbocycles. The minimum Gasteiger partial charge on any atom is -0.463 e. The van der Waals surface area contributed by atoms with E-state index in [9.17, 15) is 9.59 Å². The third-order valence-corrected chi connectivity index (χ3v) is 4.79. The van der Waals surface area contributed by atoms with Crippen LogP contribution in [0.25, 0.3) is 0 Å². The van der Waals surface area contributed by atoms with Crippen LogP contribution in [0.3, 0.4) is 0 Å². The molecule has 0 bridgehead atoms. The lowest BCUT2D eigenvalue weighted by Crippen LogP contribution is -2.15. The summed E-state index contributed by atoms with van der Waals surface area (Å²) in [6.07, 6.45) is 8.29. The summed E-state index contributed by atoms with van der Waals surface area (Å²) in [4.78, 5) is 23.6. The molecule has 182 valence electrons. The van der Waals surface area contributed by atoms with E-state index < -0.39 is 0 Å². The summed E-state index contributed by atoms with van der Waals surface area (Å²) >= 11 is 0. The minimum atomic E-state index is -0.364. The highest BCUT2D eigenvalue weighted by Crippen LogP contribution is 2.11. The quantitative estimate of drug-likeness (QED) is 0.221. The van der Waals surface area contributed by atoms with Gasteiger partial charge in [0.15, 0.2) is 0 Å². The zero-order chi connectivity index (χ0) is 23.3. The normalized spacial score (nSPS) is 10.7. The number of ether oxygens (including phenoxy) is 4. The molecule has 0 heterocycles. The van der Waals surface area contributed by atoms with Crippen molar-refractivity contribution in [1.82, 2.24) is 0 Å². The number of unbranched alkanes of at least 4 members (excludes halogenated alkanes) is 5. The Morgan fingerprint density at radius 3 is 1.97 bits per heavy atom. The molecule has 0 amide bonds. The third-order valence-electron chi connectivity index (χ3n) is 4.79. The van der Waals surface area contributed by atoms with Gasteiger partial charge in [0.1, 0.15) is 13.2 Å². The molecule has 0 saturated carbocycles. The largest absolute Gasteiger partial charge is 0.463 e. The first kappa shape index (κ1) is 27.9. The van der Waals surface area contributed by atoms with E-state index in [2.05, 4.69) is 19.2 Å². The van der Waals surface area contributed by atoms with Crippen LogP contribution in [0.2, 0.25) is 0 Å². The molecule has 0 aliphatic rings. The molecule has 7 nitrogen and oxygen atoms in total. The van der Waals surface area contributed by atoms with Gasteiger partial charge in [0.05, 0.1) is 32.0 Å². The van der Waals surface area contributed by atoms with Crippen LogP contribution < -0.4 is 5.32 Å². The van der Waals surface area contributed by atoms with Crippen molar-refractivity contribution in [3.63, 3.8) is 0 Å². The summed E-state index contributed by atoms with van der Waals surface area (Å²) in [5.74, 6) is -0.525. The Morgan fingerprint density at radius 2 is 1.31 bits per heavy atom. The van der Waals surface area contributed by atoms with E-state index >= 15 is 0 Å². The van der Waals surface area contributed by atoms with Gasteiger partial charge in [-0.1, -0.05) is 46.0 Å². The average molecular weight is 452 g/mol. The Kier molecular flexibility index (Phi) is 17.1. The van der Waals surface area contributed by atoms with E-state index in [0.29, 0.717) is 38.4 Å². The molecule has 1 aromatic rings. The van der Waals surface area contributed by atoms with Crippen molar-refractivity contribution in [3.05, 3.63) is 29.8 Å². The highest BCUT2D eigenvalue weighted by molar-refractivity contribution is 5.89. The fourth-order valence-electron chi connectivity index (χ4n) is 2.89. The van der Waals surface area contributed by atoms with Gasteiger partial charge in [0, 0.05) is 18.7 Å². The van der Waals surface area contributed by atoms with Gasteiger partial charge < -0.3 is 24.3 Å². The number of hydrogen-bond acceptors (Lipinski definition) is 7. The van der Waals surface area contributed by atoms with Crippen LogP contribution in [0.4, 0.5) is 5.69 Å². The predicted molar refractivity (Wildman–Crippen MR) is 126 cm³/mol. The fraction of sp³-hybridized carbons (Fsp3) is 0.680. The van der Waals surface area contributed by atoms with E-state index in [-0.39, 0.29) is 25.2 Å². The SMILES string of the molecule is CCCCCCCC(=O)OCCOCCOCCOC(=O)c1ccc(NCCCC)cc1. The van der Waals surface area contributed by atoms with Crippen molar-refractivity contribution in [2.45, 2.75) is 65.2 Å². The second-order valence-corrected chi connectivity index (χ2v) is 7.60. The highest BCUT2D eigenvalue weighted by atomic mass is 16.6. The molecule has 0 saturated heterocycles. The van der Waals surface area contributed by atoms with Crippen LogP contribution in [0.5, 0.6) is 0 Å². The molecule has 0 aliphatic heterocycles. The lowest BCUT2D eigenvalue weighted by atomic mass is 10.1. The van der Waals surface area contributed by atoms with Crippen LogP contribution in [-0.2, 0) is 23.7 Å². The summed E-state index contributed by atoms with van der Waals surface area (Å²) in [5.41, 5.74) is 1.51. The number of carbonyl (C=O) groups excluding carboxylic acids is 2. The fourth-order valence-corrected chi connectivity index (χ4v) is 2.89. The average Bonchev–Trinajstić information content (AvgIpc) is 2.80. The first-order valence-corrected chi connectivity index (χ1v) is 12.0. The molecule has 7 heteroatoms. The molecule has 1 rings (SSSR count). The molecule has 32 heavy (non-hydrogen) atoms. The van der Waals surface area contributed by atoms with Gasteiger partial charge in [-0.2, -0.15) is 0 Å². The monoisotopic (exact) mass is 451 g/mol. The van der Waals surface area contributed by atoms with E-state index in [0.717, 1.165) is 37.9 Å². The Labute approximate surface area is 193 Å². The molecule has 0 fully saturated rings. The lowest BCUT2D eigenvalue weighted by Gasteiger charge is -2.09. The second kappa shape index (κ2) is 19.6. The van der Waals surface area contributed by atoms with Gasteiger partial charge in [0.2, 0.25) is 0 Å². The molecule has 0 aromatic heterocycles. The van der Waals surface area contributed by atoms with E-state index in [4.69, 9.17) is 18.9 Å². The number of anilines is 1. The molecule has 0 spiro atoms. The van der Waals surface area contributed by atoms with Crippen LogP contribution in [-0.4, -0.2) is 58.1 Å². The molecule has 0 radical (unpaired) electrons. The maximum absolute atomic E-state index is 12.0. The van der Waals surface area contributed by atoms with Gasteiger partial charge in [-0.3, -0.25) is 4.79 Å². The Bertz CT molecular complexity index is 605. The van der Waals surface area contributed by atoms with Crippen LogP contribution in [0.1, 0.15) is 75.6 Å². The van der Waals surface area contributed by atoms with Crippen molar-refractivity contribution in [2.75, 3.05) is 51.5 Å². The summed E-state index contributed by atoms with van der Waals surface area (Å²) in [6.45, 7) is 7.13. The molecule has 0 unspecified atom stereocenters. The van der Waals surface area contributed by atoms with Gasteiger partial charge in [-0.05, 0) is 37.1 Å². The summed E-state index contributed by atoms with van der Waals surface area (Å²) in [5, 5.41) is 3.31. The maximum Gasteiger partial charge on any atom is 0.338 e. The molecule has 0 aliphatic carbocycles. The molecular weight excluding hydrogens is 410 g/mol. The number of benzene rings is 1. The number of hydrogen-bond donors (Lipinski definition) is 1. The highest BCUT2D eigenvalue weighted by Gasteiger charge is 2.07. The topological polar surface area (TPSA) is 83.1 Å². The Balaban J connectivity index is 1.94. The molecule has 1 N–H and O–H groups in total. The lowest BCUT2D eigenvalue weighted by molar-refractivity contribution is -0.145. The van der Waals surface area contributed by atoms with Crippen molar-refractivity contribution in [1.29, 1.82) is 0 Å². The van der Waals surface area contributed by atoms with E-state index in [1.54, 1.807) is 12.1 Å². The summed E-state index contributed by atoms with van der Waals surface area (Å²) in [7, 11) is 0. The van der Waals surface area contributed by atoms with E-state index in [1.807, 2.05) is 12.1 Å². The van der Waals surface area contributed by atoms with E-state index in [1.165, 1.54) is 19.3 Å². The smallest absolute Gasteiger partial charge is 0.338 e. The number of rotatable bonds is 20. The van der Waals surface area contributed by atoms with Gasteiger partial charge in [-0.15, -0.1) is 0 Å². The van der Waals surface area contributed by atoms with Crippen LogP contribution >= 0.6 is 0 Å².